The number of amides is 1. The molecule has 0 spiro atoms. The molecule has 3 rings (SSSR count). The van der Waals surface area contributed by atoms with Gasteiger partial charge in [-0.2, -0.15) is 0 Å². The van der Waals surface area contributed by atoms with Gasteiger partial charge >= 0.3 is 0 Å². The highest BCUT2D eigenvalue weighted by Crippen LogP contribution is 2.34. The van der Waals surface area contributed by atoms with E-state index in [2.05, 4.69) is 10.3 Å². The second-order valence-corrected chi connectivity index (χ2v) is 4.92. The Hall–Kier alpha value is -2.08. The Morgan fingerprint density at radius 3 is 3.06 bits per heavy atom. The van der Waals surface area contributed by atoms with Crippen LogP contribution >= 0.6 is 11.3 Å². The van der Waals surface area contributed by atoms with E-state index in [1.54, 1.807) is 6.92 Å². The van der Waals surface area contributed by atoms with Gasteiger partial charge in [-0.05, 0) is 25.1 Å². The minimum atomic E-state index is -0.460. The summed E-state index contributed by atoms with van der Waals surface area (Å²) in [5.74, 6) is 0.534. The fourth-order valence-electron chi connectivity index (χ4n) is 1.79. The maximum absolute atomic E-state index is 11.5. The zero-order valence-electron chi connectivity index (χ0n) is 9.64. The van der Waals surface area contributed by atoms with Gasteiger partial charge in [0.25, 0.3) is 5.91 Å². The number of nitrogens with one attached hydrogen (secondary N) is 1. The van der Waals surface area contributed by atoms with Crippen LogP contribution in [0.3, 0.4) is 0 Å². The van der Waals surface area contributed by atoms with Crippen molar-refractivity contribution >= 4 is 28.1 Å². The maximum atomic E-state index is 11.5. The molecule has 0 saturated carbocycles. The molecule has 0 saturated heterocycles. The Bertz CT molecular complexity index is 624. The fraction of sp³-hybridized carbons (Fsp3) is 0.167. The van der Waals surface area contributed by atoms with E-state index < -0.39 is 6.10 Å². The van der Waals surface area contributed by atoms with E-state index in [0.29, 0.717) is 16.6 Å². The molecule has 2 heterocycles. The number of hydrogen-bond acceptors (Lipinski definition) is 5. The first-order valence-corrected chi connectivity index (χ1v) is 6.34. The molecular formula is C12H11N3O2S. The number of benzene rings is 1. The lowest BCUT2D eigenvalue weighted by atomic mass is 10.1. The molecule has 0 aliphatic carbocycles. The Labute approximate surface area is 108 Å². The van der Waals surface area contributed by atoms with E-state index in [-0.39, 0.29) is 5.91 Å². The van der Waals surface area contributed by atoms with E-state index in [4.69, 9.17) is 10.5 Å². The number of ether oxygens (including phenoxy) is 1. The van der Waals surface area contributed by atoms with E-state index >= 15 is 0 Å². The van der Waals surface area contributed by atoms with Crippen molar-refractivity contribution in [1.29, 1.82) is 0 Å². The van der Waals surface area contributed by atoms with Crippen molar-refractivity contribution in [2.45, 2.75) is 13.0 Å². The van der Waals surface area contributed by atoms with Gasteiger partial charge in [0.05, 0.1) is 11.4 Å². The molecule has 0 unspecified atom stereocenters. The van der Waals surface area contributed by atoms with Crippen molar-refractivity contribution in [3.05, 3.63) is 23.6 Å². The Kier molecular flexibility index (Phi) is 2.45. The molecule has 6 heteroatoms. The van der Waals surface area contributed by atoms with Gasteiger partial charge in [0.15, 0.2) is 11.2 Å². The summed E-state index contributed by atoms with van der Waals surface area (Å²) in [6.45, 7) is 1.72. The quantitative estimate of drug-likeness (QED) is 0.824. The Morgan fingerprint density at radius 2 is 2.33 bits per heavy atom. The molecule has 0 fully saturated rings. The summed E-state index contributed by atoms with van der Waals surface area (Å²) in [4.78, 5) is 15.7. The van der Waals surface area contributed by atoms with E-state index in [0.717, 1.165) is 11.3 Å². The third kappa shape index (κ3) is 1.80. The molecule has 1 aromatic heterocycles. The number of aromatic nitrogens is 1. The third-order valence-corrected chi connectivity index (χ3v) is 3.40. The van der Waals surface area contributed by atoms with Gasteiger partial charge in [-0.1, -0.05) is 0 Å². The highest BCUT2D eigenvalue weighted by atomic mass is 32.1. The van der Waals surface area contributed by atoms with Crippen molar-refractivity contribution in [2.24, 2.45) is 0 Å². The second-order valence-electron chi connectivity index (χ2n) is 4.03. The molecular weight excluding hydrogens is 250 g/mol. The van der Waals surface area contributed by atoms with Gasteiger partial charge in [-0.15, -0.1) is 11.3 Å². The van der Waals surface area contributed by atoms with Crippen LogP contribution < -0.4 is 15.8 Å². The number of nitrogen functional groups attached to an aromatic ring is 1. The van der Waals surface area contributed by atoms with Crippen LogP contribution in [0.15, 0.2) is 23.6 Å². The largest absolute Gasteiger partial charge is 0.479 e. The van der Waals surface area contributed by atoms with Crippen LogP contribution in [0.25, 0.3) is 11.3 Å². The predicted octanol–water partition coefficient (Wildman–Crippen LogP) is 2.11. The number of fused-ring (bicyclic) bond motifs is 1. The van der Waals surface area contributed by atoms with Crippen LogP contribution in [0.1, 0.15) is 6.92 Å². The number of carbonyl (C=O) groups is 1. The molecule has 1 aliphatic heterocycles. The number of nitrogens with two attached hydrogens (primary N) is 1. The second kappa shape index (κ2) is 3.99. The van der Waals surface area contributed by atoms with Crippen LogP contribution in [-0.2, 0) is 4.79 Å². The minimum absolute atomic E-state index is 0.141. The first-order chi connectivity index (χ1) is 8.63. The normalized spacial score (nSPS) is 17.8. The van der Waals surface area contributed by atoms with Crippen molar-refractivity contribution < 1.29 is 9.53 Å². The smallest absolute Gasteiger partial charge is 0.265 e. The number of hydrogen-bond donors (Lipinski definition) is 2. The zero-order valence-corrected chi connectivity index (χ0v) is 10.5. The first kappa shape index (κ1) is 11.0. The number of thiazole rings is 1. The van der Waals surface area contributed by atoms with Crippen molar-refractivity contribution in [1.82, 2.24) is 4.98 Å². The summed E-state index contributed by atoms with van der Waals surface area (Å²) < 4.78 is 5.49. The molecule has 1 aliphatic rings. The number of carbonyl (C=O) groups excluding carboxylic acids is 1. The Morgan fingerprint density at radius 1 is 1.50 bits per heavy atom. The van der Waals surface area contributed by atoms with Crippen LogP contribution in [0.4, 0.5) is 10.8 Å². The summed E-state index contributed by atoms with van der Waals surface area (Å²) in [5.41, 5.74) is 7.98. The number of anilines is 2. The molecule has 5 nitrogen and oxygen atoms in total. The van der Waals surface area contributed by atoms with Gasteiger partial charge in [-0.25, -0.2) is 4.98 Å². The van der Waals surface area contributed by atoms with Gasteiger partial charge in [0, 0.05) is 10.9 Å². The van der Waals surface area contributed by atoms with Gasteiger partial charge in [0.1, 0.15) is 5.75 Å². The average molecular weight is 261 g/mol. The molecule has 1 amide bonds. The Balaban J connectivity index is 2.01. The topological polar surface area (TPSA) is 77.2 Å². The molecule has 2 aromatic rings. The van der Waals surface area contributed by atoms with Gasteiger partial charge in [-0.3, -0.25) is 4.79 Å². The van der Waals surface area contributed by atoms with Crippen LogP contribution in [-0.4, -0.2) is 17.0 Å². The first-order valence-electron chi connectivity index (χ1n) is 5.46. The minimum Gasteiger partial charge on any atom is -0.479 e. The number of rotatable bonds is 1. The lowest BCUT2D eigenvalue weighted by molar-refractivity contribution is -0.122. The molecule has 1 aromatic carbocycles. The molecule has 18 heavy (non-hydrogen) atoms. The van der Waals surface area contributed by atoms with Crippen LogP contribution in [0.5, 0.6) is 5.75 Å². The average Bonchev–Trinajstić information content (AvgIpc) is 2.77. The third-order valence-electron chi connectivity index (χ3n) is 2.73. The summed E-state index contributed by atoms with van der Waals surface area (Å²) in [6.07, 6.45) is -0.460. The molecule has 92 valence electrons. The highest BCUT2D eigenvalue weighted by molar-refractivity contribution is 7.13. The monoisotopic (exact) mass is 261 g/mol. The van der Waals surface area contributed by atoms with Crippen molar-refractivity contribution in [3.63, 3.8) is 0 Å². The molecule has 0 bridgehead atoms. The van der Waals surface area contributed by atoms with E-state index in [1.807, 2.05) is 23.6 Å². The molecule has 3 N–H and O–H groups in total. The lowest BCUT2D eigenvalue weighted by Crippen LogP contribution is -2.34. The molecule has 1 atom stereocenters. The van der Waals surface area contributed by atoms with Gasteiger partial charge < -0.3 is 15.8 Å². The summed E-state index contributed by atoms with van der Waals surface area (Å²) in [7, 11) is 0. The lowest BCUT2D eigenvalue weighted by Gasteiger charge is -2.23. The summed E-state index contributed by atoms with van der Waals surface area (Å²) in [6, 6.07) is 5.57. The number of nitrogens with zero attached hydrogens (tertiary/aromatic N) is 1. The van der Waals surface area contributed by atoms with Crippen molar-refractivity contribution in [3.8, 4) is 17.0 Å². The summed E-state index contributed by atoms with van der Waals surface area (Å²) in [5, 5.41) is 5.21. The van der Waals surface area contributed by atoms with Crippen LogP contribution in [0.2, 0.25) is 0 Å². The zero-order chi connectivity index (χ0) is 12.7. The fourth-order valence-corrected chi connectivity index (χ4v) is 2.36. The van der Waals surface area contributed by atoms with E-state index in [1.165, 1.54) is 11.3 Å². The SMILES string of the molecule is C[C@@H]1Oc2ccc(-c3csc(N)n3)cc2NC1=O. The molecule has 0 radical (unpaired) electrons. The summed E-state index contributed by atoms with van der Waals surface area (Å²) >= 11 is 1.39. The van der Waals surface area contributed by atoms with Crippen molar-refractivity contribution in [2.75, 3.05) is 11.1 Å². The predicted molar refractivity (Wildman–Crippen MR) is 70.7 cm³/mol. The van der Waals surface area contributed by atoms with Gasteiger partial charge in [0.2, 0.25) is 0 Å². The highest BCUT2D eigenvalue weighted by Gasteiger charge is 2.23. The maximum Gasteiger partial charge on any atom is 0.265 e. The van der Waals surface area contributed by atoms with E-state index in [9.17, 15) is 4.79 Å². The standard InChI is InChI=1S/C12H11N3O2S/c1-6-11(16)14-8-4-7(2-3-10(8)17-6)9-5-18-12(13)15-9/h2-6H,1H3,(H2,13,15)(H,14,16)/t6-/m0/s1. The van der Waals surface area contributed by atoms with Crippen LogP contribution in [0, 0.1) is 0 Å².